The molecule has 0 bridgehead atoms. The summed E-state index contributed by atoms with van der Waals surface area (Å²) in [6.45, 7) is 2.33. The van der Waals surface area contributed by atoms with E-state index in [0.29, 0.717) is 12.3 Å². The molecule has 1 heterocycles. The Kier molecular flexibility index (Phi) is 4.84. The van der Waals surface area contributed by atoms with Crippen LogP contribution >= 0.6 is 11.8 Å². The van der Waals surface area contributed by atoms with E-state index in [-0.39, 0.29) is 11.7 Å². The van der Waals surface area contributed by atoms with E-state index in [9.17, 15) is 9.18 Å². The summed E-state index contributed by atoms with van der Waals surface area (Å²) in [4.78, 5) is 14.5. The SMILES string of the molecule is Cc1ccc(CN(C)C(=O)CSc2ccc(F)cc2)o1. The normalized spacial score (nSPS) is 10.6. The molecule has 2 aromatic rings. The number of benzene rings is 1. The lowest BCUT2D eigenvalue weighted by molar-refractivity contribution is -0.127. The lowest BCUT2D eigenvalue weighted by atomic mass is 10.4. The highest BCUT2D eigenvalue weighted by Crippen LogP contribution is 2.19. The van der Waals surface area contributed by atoms with Crippen molar-refractivity contribution in [3.63, 3.8) is 0 Å². The van der Waals surface area contributed by atoms with Crippen LogP contribution in [0.4, 0.5) is 4.39 Å². The molecule has 0 unspecified atom stereocenters. The smallest absolute Gasteiger partial charge is 0.233 e. The molecule has 0 aliphatic rings. The van der Waals surface area contributed by atoms with Gasteiger partial charge in [-0.2, -0.15) is 0 Å². The van der Waals surface area contributed by atoms with Crippen molar-refractivity contribution in [2.75, 3.05) is 12.8 Å². The van der Waals surface area contributed by atoms with Gasteiger partial charge in [-0.15, -0.1) is 11.8 Å². The zero-order valence-corrected chi connectivity index (χ0v) is 12.2. The number of hydrogen-bond acceptors (Lipinski definition) is 3. The van der Waals surface area contributed by atoms with Crippen molar-refractivity contribution in [3.8, 4) is 0 Å². The quantitative estimate of drug-likeness (QED) is 0.791. The molecule has 0 saturated heterocycles. The molecule has 1 aromatic heterocycles. The molecule has 0 atom stereocenters. The van der Waals surface area contributed by atoms with Crippen LogP contribution in [0.25, 0.3) is 0 Å². The number of carbonyl (C=O) groups is 1. The molecule has 2 rings (SSSR count). The third-order valence-electron chi connectivity index (χ3n) is 2.79. The first-order chi connectivity index (χ1) is 9.54. The Labute approximate surface area is 121 Å². The highest BCUT2D eigenvalue weighted by Gasteiger charge is 2.11. The second-order valence-corrected chi connectivity index (χ2v) is 5.55. The van der Waals surface area contributed by atoms with Crippen LogP contribution in [0.1, 0.15) is 11.5 Å². The van der Waals surface area contributed by atoms with Crippen molar-refractivity contribution in [1.82, 2.24) is 4.90 Å². The molecule has 1 amide bonds. The number of furan rings is 1. The van der Waals surface area contributed by atoms with Crippen LogP contribution in [0.2, 0.25) is 0 Å². The first-order valence-corrected chi connectivity index (χ1v) is 7.21. The third kappa shape index (κ3) is 4.13. The molecular weight excluding hydrogens is 277 g/mol. The molecule has 3 nitrogen and oxygen atoms in total. The van der Waals surface area contributed by atoms with E-state index in [1.807, 2.05) is 19.1 Å². The molecule has 5 heteroatoms. The van der Waals surface area contributed by atoms with Crippen molar-refractivity contribution in [1.29, 1.82) is 0 Å². The van der Waals surface area contributed by atoms with Crippen molar-refractivity contribution in [2.24, 2.45) is 0 Å². The van der Waals surface area contributed by atoms with E-state index >= 15 is 0 Å². The van der Waals surface area contributed by atoms with Gasteiger partial charge in [-0.1, -0.05) is 0 Å². The number of aryl methyl sites for hydroxylation is 1. The van der Waals surface area contributed by atoms with Crippen molar-refractivity contribution in [3.05, 3.63) is 53.7 Å². The summed E-state index contributed by atoms with van der Waals surface area (Å²) in [5.41, 5.74) is 0. The summed E-state index contributed by atoms with van der Waals surface area (Å²) in [5.74, 6) is 1.66. The molecule has 20 heavy (non-hydrogen) atoms. The second-order valence-electron chi connectivity index (χ2n) is 4.50. The Hall–Kier alpha value is -1.75. The average Bonchev–Trinajstić information content (AvgIpc) is 2.83. The minimum atomic E-state index is -0.272. The molecule has 0 aliphatic carbocycles. The minimum Gasteiger partial charge on any atom is -0.464 e. The number of nitrogens with zero attached hydrogens (tertiary/aromatic N) is 1. The lowest BCUT2D eigenvalue weighted by Crippen LogP contribution is -2.27. The highest BCUT2D eigenvalue weighted by molar-refractivity contribution is 8.00. The number of amides is 1. The van der Waals surface area contributed by atoms with E-state index in [1.54, 1.807) is 24.1 Å². The summed E-state index contributed by atoms with van der Waals surface area (Å²) in [7, 11) is 1.74. The van der Waals surface area contributed by atoms with Gasteiger partial charge in [0.25, 0.3) is 0 Å². The first kappa shape index (κ1) is 14.7. The molecule has 0 aliphatic heterocycles. The number of carbonyl (C=O) groups excluding carboxylic acids is 1. The van der Waals surface area contributed by atoms with E-state index < -0.39 is 0 Å². The van der Waals surface area contributed by atoms with Crippen LogP contribution in [-0.2, 0) is 11.3 Å². The van der Waals surface area contributed by atoms with Gasteiger partial charge >= 0.3 is 0 Å². The summed E-state index contributed by atoms with van der Waals surface area (Å²) in [6.07, 6.45) is 0. The van der Waals surface area contributed by atoms with Gasteiger partial charge in [-0.25, -0.2) is 4.39 Å². The minimum absolute atomic E-state index is 0.00776. The second kappa shape index (κ2) is 6.61. The Morgan fingerprint density at radius 2 is 1.95 bits per heavy atom. The lowest BCUT2D eigenvalue weighted by Gasteiger charge is -2.15. The van der Waals surface area contributed by atoms with E-state index in [0.717, 1.165) is 16.4 Å². The summed E-state index contributed by atoms with van der Waals surface area (Å²) in [5, 5.41) is 0. The largest absolute Gasteiger partial charge is 0.464 e. The van der Waals surface area contributed by atoms with Crippen molar-refractivity contribution < 1.29 is 13.6 Å². The number of halogens is 1. The molecule has 106 valence electrons. The predicted octanol–water partition coefficient (Wildman–Crippen LogP) is 3.48. The van der Waals surface area contributed by atoms with Gasteiger partial charge in [-0.05, 0) is 43.3 Å². The Balaban J connectivity index is 1.83. The standard InChI is InChI=1S/C15H16FNO2S/c1-11-3-6-13(19-11)9-17(2)15(18)10-20-14-7-4-12(16)5-8-14/h3-8H,9-10H2,1-2H3. The van der Waals surface area contributed by atoms with Gasteiger partial charge in [-0.3, -0.25) is 4.79 Å². The Bertz CT molecular complexity index is 580. The van der Waals surface area contributed by atoms with E-state index in [1.165, 1.54) is 23.9 Å². The van der Waals surface area contributed by atoms with Gasteiger partial charge in [0.2, 0.25) is 5.91 Å². The maximum absolute atomic E-state index is 12.8. The van der Waals surface area contributed by atoms with Crippen LogP contribution in [0.5, 0.6) is 0 Å². The fourth-order valence-electron chi connectivity index (χ4n) is 1.68. The zero-order chi connectivity index (χ0) is 14.5. The van der Waals surface area contributed by atoms with Crippen molar-refractivity contribution in [2.45, 2.75) is 18.4 Å². The van der Waals surface area contributed by atoms with Crippen LogP contribution in [0, 0.1) is 12.7 Å². The van der Waals surface area contributed by atoms with Gasteiger partial charge in [0, 0.05) is 11.9 Å². The van der Waals surface area contributed by atoms with Crippen LogP contribution in [-0.4, -0.2) is 23.6 Å². The van der Waals surface area contributed by atoms with E-state index in [4.69, 9.17) is 4.42 Å². The fraction of sp³-hybridized carbons (Fsp3) is 0.267. The van der Waals surface area contributed by atoms with Gasteiger partial charge in [0.15, 0.2) is 0 Å². The van der Waals surface area contributed by atoms with Crippen LogP contribution in [0.15, 0.2) is 45.7 Å². The maximum Gasteiger partial charge on any atom is 0.233 e. The topological polar surface area (TPSA) is 33.5 Å². The van der Waals surface area contributed by atoms with Crippen LogP contribution in [0.3, 0.4) is 0 Å². The molecule has 0 radical (unpaired) electrons. The number of thioether (sulfide) groups is 1. The molecular formula is C15H16FNO2S. The van der Waals surface area contributed by atoms with E-state index in [2.05, 4.69) is 0 Å². The molecule has 1 aromatic carbocycles. The summed E-state index contributed by atoms with van der Waals surface area (Å²) in [6, 6.07) is 9.86. The predicted molar refractivity (Wildman–Crippen MR) is 77.0 cm³/mol. The highest BCUT2D eigenvalue weighted by atomic mass is 32.2. The van der Waals surface area contributed by atoms with Gasteiger partial charge in [0.05, 0.1) is 12.3 Å². The molecule has 0 fully saturated rings. The maximum atomic E-state index is 12.8. The molecule has 0 N–H and O–H groups in total. The third-order valence-corrected chi connectivity index (χ3v) is 3.79. The first-order valence-electron chi connectivity index (χ1n) is 6.22. The molecule has 0 saturated carbocycles. The average molecular weight is 293 g/mol. The summed E-state index contributed by atoms with van der Waals surface area (Å²) >= 11 is 1.39. The number of hydrogen-bond donors (Lipinski definition) is 0. The Morgan fingerprint density at radius 3 is 2.55 bits per heavy atom. The fourth-order valence-corrected chi connectivity index (χ4v) is 2.52. The van der Waals surface area contributed by atoms with Crippen molar-refractivity contribution >= 4 is 17.7 Å². The Morgan fingerprint density at radius 1 is 1.25 bits per heavy atom. The number of rotatable bonds is 5. The monoisotopic (exact) mass is 293 g/mol. The van der Waals surface area contributed by atoms with Crippen LogP contribution < -0.4 is 0 Å². The van der Waals surface area contributed by atoms with Gasteiger partial charge < -0.3 is 9.32 Å². The summed E-state index contributed by atoms with van der Waals surface area (Å²) < 4.78 is 18.2. The van der Waals surface area contributed by atoms with Gasteiger partial charge in [0.1, 0.15) is 17.3 Å². The zero-order valence-electron chi connectivity index (χ0n) is 11.4. The molecule has 0 spiro atoms.